The molecule has 2 heterocycles. The molecule has 3 N–H and O–H groups in total. The molecule has 0 bridgehead atoms. The number of carbonyl (C=O) groups is 1. The summed E-state index contributed by atoms with van der Waals surface area (Å²) in [6, 6.07) is 10.4. The molecule has 1 aromatic carbocycles. The fourth-order valence-electron chi connectivity index (χ4n) is 2.92. The van der Waals surface area contributed by atoms with E-state index in [-0.39, 0.29) is 41.8 Å². The molecule has 156 valence electrons. The van der Waals surface area contributed by atoms with Gasteiger partial charge in [0.05, 0.1) is 23.2 Å². The van der Waals surface area contributed by atoms with Crippen LogP contribution >= 0.6 is 24.8 Å². The lowest BCUT2D eigenvalue weighted by molar-refractivity contribution is -0.120. The van der Waals surface area contributed by atoms with Crippen molar-refractivity contribution in [3.8, 4) is 0 Å². The van der Waals surface area contributed by atoms with Crippen LogP contribution in [-0.4, -0.2) is 20.0 Å². The highest BCUT2D eigenvalue weighted by molar-refractivity contribution is 5.94. The van der Waals surface area contributed by atoms with Gasteiger partial charge in [-0.2, -0.15) is 0 Å². The zero-order valence-corrected chi connectivity index (χ0v) is 17.8. The van der Waals surface area contributed by atoms with Gasteiger partial charge in [-0.25, -0.2) is 9.78 Å². The van der Waals surface area contributed by atoms with Gasteiger partial charge < -0.3 is 11.1 Å². The normalized spacial score (nSPS) is 12.4. The number of carbonyl (C=O) groups excluding carboxylic acids is 1. The minimum Gasteiger partial charge on any atom is -0.324 e. The topological polar surface area (TPSA) is 112 Å². The first-order valence-corrected chi connectivity index (χ1v) is 8.48. The SMILES string of the molecule is CC(C(=O)Nc1cnc2c(c1)c(=O)n(C)c(=O)n2C)C(N)c1ccccc1.Cl.Cl. The van der Waals surface area contributed by atoms with Crippen LogP contribution in [-0.2, 0) is 18.9 Å². The number of halogens is 2. The number of fused-ring (bicyclic) bond motifs is 1. The maximum atomic E-state index is 12.6. The molecule has 0 aliphatic rings. The van der Waals surface area contributed by atoms with E-state index in [1.807, 2.05) is 30.3 Å². The maximum Gasteiger partial charge on any atom is 0.332 e. The summed E-state index contributed by atoms with van der Waals surface area (Å²) < 4.78 is 2.29. The van der Waals surface area contributed by atoms with E-state index in [0.29, 0.717) is 5.69 Å². The standard InChI is InChI=1S/C19H21N5O3.2ClH/c1-11(15(20)12-7-5-4-6-8-12)17(25)22-13-9-14-16(21-10-13)23(2)19(27)24(3)18(14)26;;/h4-11,15H,20H2,1-3H3,(H,22,25);2*1H. The van der Waals surface area contributed by atoms with Gasteiger partial charge in [0.2, 0.25) is 5.91 Å². The number of aryl methyl sites for hydroxylation is 1. The second-order valence-electron chi connectivity index (χ2n) is 6.52. The van der Waals surface area contributed by atoms with Crippen LogP contribution in [0.1, 0.15) is 18.5 Å². The molecule has 3 rings (SSSR count). The number of pyridine rings is 1. The van der Waals surface area contributed by atoms with Crippen LogP contribution in [0.2, 0.25) is 0 Å². The van der Waals surface area contributed by atoms with Gasteiger partial charge >= 0.3 is 5.69 Å². The number of rotatable bonds is 4. The second-order valence-corrected chi connectivity index (χ2v) is 6.52. The molecule has 0 radical (unpaired) electrons. The van der Waals surface area contributed by atoms with E-state index in [0.717, 1.165) is 10.1 Å². The molecule has 1 amide bonds. The van der Waals surface area contributed by atoms with Crippen molar-refractivity contribution < 1.29 is 4.79 Å². The number of nitrogens with two attached hydrogens (primary N) is 1. The van der Waals surface area contributed by atoms with E-state index in [1.54, 1.807) is 6.92 Å². The van der Waals surface area contributed by atoms with Gasteiger partial charge in [-0.3, -0.25) is 18.7 Å². The molecule has 0 saturated carbocycles. The zero-order chi connectivity index (χ0) is 19.7. The first-order valence-electron chi connectivity index (χ1n) is 8.48. The third kappa shape index (κ3) is 4.67. The lowest BCUT2D eigenvalue weighted by atomic mass is 9.94. The molecule has 0 fully saturated rings. The van der Waals surface area contributed by atoms with Gasteiger partial charge in [0.25, 0.3) is 5.56 Å². The highest BCUT2D eigenvalue weighted by Gasteiger charge is 2.22. The Hall–Kier alpha value is -2.68. The van der Waals surface area contributed by atoms with E-state index in [2.05, 4.69) is 10.3 Å². The Morgan fingerprint density at radius 1 is 1.10 bits per heavy atom. The zero-order valence-electron chi connectivity index (χ0n) is 16.2. The van der Waals surface area contributed by atoms with Gasteiger partial charge in [-0.1, -0.05) is 37.3 Å². The van der Waals surface area contributed by atoms with Crippen molar-refractivity contribution in [2.45, 2.75) is 13.0 Å². The van der Waals surface area contributed by atoms with Crippen molar-refractivity contribution in [2.24, 2.45) is 25.7 Å². The average Bonchev–Trinajstić information content (AvgIpc) is 2.70. The lowest BCUT2D eigenvalue weighted by Crippen LogP contribution is -2.37. The smallest absolute Gasteiger partial charge is 0.324 e. The van der Waals surface area contributed by atoms with Crippen LogP contribution in [0.5, 0.6) is 0 Å². The van der Waals surface area contributed by atoms with Crippen LogP contribution in [0.25, 0.3) is 11.0 Å². The van der Waals surface area contributed by atoms with Gasteiger partial charge in [0.1, 0.15) is 5.65 Å². The Morgan fingerprint density at radius 3 is 2.34 bits per heavy atom. The fraction of sp³-hybridized carbons (Fsp3) is 0.263. The molecule has 29 heavy (non-hydrogen) atoms. The lowest BCUT2D eigenvalue weighted by Gasteiger charge is -2.20. The summed E-state index contributed by atoms with van der Waals surface area (Å²) >= 11 is 0. The molecule has 0 aliphatic heterocycles. The molecular formula is C19H23Cl2N5O3. The minimum atomic E-state index is -0.494. The van der Waals surface area contributed by atoms with Crippen LogP contribution in [0.15, 0.2) is 52.2 Å². The average molecular weight is 440 g/mol. The van der Waals surface area contributed by atoms with Crippen molar-refractivity contribution >= 4 is 47.4 Å². The van der Waals surface area contributed by atoms with Gasteiger partial charge in [0, 0.05) is 20.1 Å². The van der Waals surface area contributed by atoms with Crippen molar-refractivity contribution in [1.82, 2.24) is 14.1 Å². The van der Waals surface area contributed by atoms with Crippen molar-refractivity contribution in [1.29, 1.82) is 0 Å². The van der Waals surface area contributed by atoms with Gasteiger partial charge in [0.15, 0.2) is 0 Å². The molecule has 2 unspecified atom stereocenters. The third-order valence-electron chi connectivity index (χ3n) is 4.70. The highest BCUT2D eigenvalue weighted by Crippen LogP contribution is 2.21. The van der Waals surface area contributed by atoms with E-state index < -0.39 is 23.2 Å². The summed E-state index contributed by atoms with van der Waals surface area (Å²) in [7, 11) is 2.94. The number of amides is 1. The number of hydrogen-bond acceptors (Lipinski definition) is 5. The van der Waals surface area contributed by atoms with E-state index >= 15 is 0 Å². The molecule has 0 saturated heterocycles. The summed E-state index contributed by atoms with van der Waals surface area (Å²) in [4.78, 5) is 41.1. The first-order chi connectivity index (χ1) is 12.8. The fourth-order valence-corrected chi connectivity index (χ4v) is 2.92. The molecule has 2 aromatic heterocycles. The number of nitrogens with one attached hydrogen (secondary N) is 1. The minimum absolute atomic E-state index is 0. The highest BCUT2D eigenvalue weighted by atomic mass is 35.5. The quantitative estimate of drug-likeness (QED) is 0.642. The Bertz CT molecular complexity index is 1130. The number of anilines is 1. The predicted molar refractivity (Wildman–Crippen MR) is 118 cm³/mol. The van der Waals surface area contributed by atoms with E-state index in [1.165, 1.54) is 30.9 Å². The number of benzene rings is 1. The summed E-state index contributed by atoms with van der Waals surface area (Å²) in [5.41, 5.74) is 6.76. The molecular weight excluding hydrogens is 417 g/mol. The molecule has 10 heteroatoms. The van der Waals surface area contributed by atoms with Crippen molar-refractivity contribution in [2.75, 3.05) is 5.32 Å². The Morgan fingerprint density at radius 2 is 1.72 bits per heavy atom. The number of hydrogen-bond donors (Lipinski definition) is 2. The summed E-state index contributed by atoms with van der Waals surface area (Å²) in [6.07, 6.45) is 1.42. The van der Waals surface area contributed by atoms with Crippen LogP contribution < -0.4 is 22.3 Å². The molecule has 8 nitrogen and oxygen atoms in total. The summed E-state index contributed by atoms with van der Waals surface area (Å²) in [6.45, 7) is 1.74. The monoisotopic (exact) mass is 439 g/mol. The molecule has 0 spiro atoms. The maximum absolute atomic E-state index is 12.6. The van der Waals surface area contributed by atoms with E-state index in [9.17, 15) is 14.4 Å². The third-order valence-corrected chi connectivity index (χ3v) is 4.70. The predicted octanol–water partition coefficient (Wildman–Crippen LogP) is 1.75. The Balaban J connectivity index is 0.00000210. The van der Waals surface area contributed by atoms with Gasteiger partial charge in [-0.15, -0.1) is 24.8 Å². The second kappa shape index (κ2) is 9.69. The van der Waals surface area contributed by atoms with Crippen LogP contribution in [0, 0.1) is 5.92 Å². The van der Waals surface area contributed by atoms with Crippen LogP contribution in [0.4, 0.5) is 5.69 Å². The van der Waals surface area contributed by atoms with Crippen LogP contribution in [0.3, 0.4) is 0 Å². The largest absolute Gasteiger partial charge is 0.332 e. The Kier molecular flexibility index (Phi) is 8.14. The Labute approximate surface area is 179 Å². The van der Waals surface area contributed by atoms with Gasteiger partial charge in [-0.05, 0) is 11.6 Å². The molecule has 2 atom stereocenters. The number of nitrogens with zero attached hydrogens (tertiary/aromatic N) is 3. The van der Waals surface area contributed by atoms with Crippen molar-refractivity contribution in [3.05, 3.63) is 69.0 Å². The summed E-state index contributed by atoms with van der Waals surface area (Å²) in [5, 5.41) is 3.00. The summed E-state index contributed by atoms with van der Waals surface area (Å²) in [5.74, 6) is -0.778. The molecule has 0 aliphatic carbocycles. The van der Waals surface area contributed by atoms with Crippen molar-refractivity contribution in [3.63, 3.8) is 0 Å². The van der Waals surface area contributed by atoms with E-state index in [4.69, 9.17) is 5.73 Å². The first kappa shape index (κ1) is 24.4. The molecule has 3 aromatic rings. The number of aromatic nitrogens is 3.